The number of hydrogen-bond acceptors (Lipinski definition) is 14. The molecule has 1 aromatic carbocycles. The second kappa shape index (κ2) is 15.5. The number of benzene rings is 1. The first kappa shape index (κ1) is 32.8. The van der Waals surface area contributed by atoms with Gasteiger partial charge in [-0.3, -0.25) is 27.6 Å². The van der Waals surface area contributed by atoms with E-state index < -0.39 is 47.2 Å². The lowest BCUT2D eigenvalue weighted by Crippen LogP contribution is -2.70. The summed E-state index contributed by atoms with van der Waals surface area (Å²) in [5.41, 5.74) is 0.449. The molecule has 2 aliphatic heterocycles. The van der Waals surface area contributed by atoms with Crippen LogP contribution in [-0.2, 0) is 44.8 Å². The van der Waals surface area contributed by atoms with Crippen LogP contribution in [0.25, 0.3) is 0 Å². The molecule has 0 bridgehead atoms. The normalized spacial score (nSPS) is 19.5. The Labute approximate surface area is 247 Å². The van der Waals surface area contributed by atoms with Crippen LogP contribution in [0.15, 0.2) is 41.6 Å². The molecule has 0 aliphatic carbocycles. The minimum atomic E-state index is -4.07. The number of thioether (sulfide) groups is 1. The largest absolute Gasteiger partial charge is 0.477 e. The zero-order valence-corrected chi connectivity index (χ0v) is 25.7. The van der Waals surface area contributed by atoms with Crippen LogP contribution < -0.4 is 5.32 Å². The van der Waals surface area contributed by atoms with Crippen molar-refractivity contribution in [1.29, 1.82) is 0 Å². The second-order valence-corrected chi connectivity index (χ2v) is 14.5. The number of carboxylic acid groups (broad SMARTS) is 1. The SMILES string of the molecule is CCOSOP(=O)(OSOCC)SC(C(=O)N[C@@H]1C(=O)N2C(C(=O)O)=C(COC(C)=O)CS[C@H]12)c1ccccc1. The topological polar surface area (TPSA) is 167 Å². The molecule has 13 nitrogen and oxygen atoms in total. The fourth-order valence-electron chi connectivity index (χ4n) is 3.49. The van der Waals surface area contributed by atoms with Gasteiger partial charge in [-0.2, -0.15) is 0 Å². The van der Waals surface area contributed by atoms with Gasteiger partial charge in [0.05, 0.1) is 13.2 Å². The van der Waals surface area contributed by atoms with Gasteiger partial charge in [0.2, 0.25) is 5.91 Å². The zero-order valence-electron chi connectivity index (χ0n) is 21.5. The molecule has 1 saturated heterocycles. The number of carboxylic acids is 1. The van der Waals surface area contributed by atoms with E-state index in [1.807, 2.05) is 0 Å². The summed E-state index contributed by atoms with van der Waals surface area (Å²) in [6.07, 6.45) is 0. The standard InChI is InChI=1S/C22H27N2O11PS4/c1-4-32-39-34-36(30,35-40-33-5-2)38-18(14-9-7-6-8-10-14)19(26)23-16-20(27)24-17(22(28)29)15(11-31-13(3)25)12-37-21(16)24/h6-10,16,18,21H,4-5,11-12H2,1-3H3,(H,23,26)(H,28,29)/t16-,18?,21-/m1/s1. The number of nitrogens with zero attached hydrogens (tertiary/aromatic N) is 1. The summed E-state index contributed by atoms with van der Waals surface area (Å²) in [5.74, 6) is -3.07. The number of hydrogen-bond donors (Lipinski definition) is 2. The Kier molecular flexibility index (Phi) is 12.7. The maximum Gasteiger partial charge on any atom is 0.416 e. The number of rotatable bonds is 16. The summed E-state index contributed by atoms with van der Waals surface area (Å²) >= 11 is 2.72. The fourth-order valence-corrected chi connectivity index (χ4v) is 9.76. The minimum absolute atomic E-state index is 0.173. The van der Waals surface area contributed by atoms with Crippen LogP contribution >= 0.6 is 54.6 Å². The van der Waals surface area contributed by atoms with Crippen LogP contribution in [-0.4, -0.2) is 70.7 Å². The first-order valence-corrected chi connectivity index (χ1v) is 17.2. The van der Waals surface area contributed by atoms with Crippen molar-refractivity contribution in [3.63, 3.8) is 0 Å². The molecule has 220 valence electrons. The van der Waals surface area contributed by atoms with Gasteiger partial charge in [-0.15, -0.1) is 11.8 Å². The summed E-state index contributed by atoms with van der Waals surface area (Å²) in [7, 11) is 0. The Morgan fingerprint density at radius 3 is 2.33 bits per heavy atom. The summed E-state index contributed by atoms with van der Waals surface area (Å²) in [5, 5.41) is 10.6. The molecule has 0 saturated carbocycles. The molecule has 0 aromatic heterocycles. The average Bonchev–Trinajstić information content (AvgIpc) is 2.93. The number of fused-ring (bicyclic) bond motifs is 1. The molecule has 2 aliphatic rings. The van der Waals surface area contributed by atoms with E-state index in [0.717, 1.165) is 4.90 Å². The van der Waals surface area contributed by atoms with Gasteiger partial charge in [0.1, 0.15) is 29.0 Å². The molecule has 2 heterocycles. The van der Waals surface area contributed by atoms with Gasteiger partial charge >= 0.3 is 18.7 Å². The summed E-state index contributed by atoms with van der Waals surface area (Å²) in [6, 6.07) is 7.35. The summed E-state index contributed by atoms with van der Waals surface area (Å²) < 4.78 is 39.2. The molecule has 1 fully saturated rings. The lowest BCUT2D eigenvalue weighted by Gasteiger charge is -2.49. The van der Waals surface area contributed by atoms with E-state index >= 15 is 0 Å². The van der Waals surface area contributed by atoms with Gasteiger partial charge < -0.3 is 15.2 Å². The number of β-lactam (4-membered cyclic amide) rings is 1. The predicted molar refractivity (Wildman–Crippen MR) is 151 cm³/mol. The number of nitrogens with one attached hydrogen (secondary N) is 1. The van der Waals surface area contributed by atoms with Gasteiger partial charge in [-0.1, -0.05) is 30.3 Å². The molecule has 0 radical (unpaired) electrons. The Bertz CT molecular complexity index is 1160. The minimum Gasteiger partial charge on any atom is -0.477 e. The lowest BCUT2D eigenvalue weighted by atomic mass is 10.0. The van der Waals surface area contributed by atoms with E-state index in [4.69, 9.17) is 21.0 Å². The van der Waals surface area contributed by atoms with Crippen molar-refractivity contribution in [3.05, 3.63) is 47.2 Å². The number of esters is 1. The van der Waals surface area contributed by atoms with E-state index in [2.05, 4.69) is 5.32 Å². The van der Waals surface area contributed by atoms with E-state index in [9.17, 15) is 28.8 Å². The van der Waals surface area contributed by atoms with Gasteiger partial charge in [-0.05, 0) is 30.8 Å². The van der Waals surface area contributed by atoms with Crippen LogP contribution in [0.4, 0.5) is 0 Å². The first-order valence-electron chi connectivity index (χ1n) is 11.7. The highest BCUT2D eigenvalue weighted by molar-refractivity contribution is 8.57. The van der Waals surface area contributed by atoms with E-state index in [1.165, 1.54) is 18.7 Å². The van der Waals surface area contributed by atoms with Crippen molar-refractivity contribution in [1.82, 2.24) is 10.2 Å². The number of amides is 2. The maximum atomic E-state index is 13.6. The molecule has 2 amide bonds. The number of ether oxygens (including phenoxy) is 1. The van der Waals surface area contributed by atoms with E-state index in [-0.39, 0.29) is 36.8 Å². The fraction of sp³-hybridized carbons (Fsp3) is 0.455. The van der Waals surface area contributed by atoms with Crippen LogP contribution in [0, 0.1) is 0 Å². The summed E-state index contributed by atoms with van der Waals surface area (Å²) in [4.78, 5) is 50.9. The molecule has 1 unspecified atom stereocenters. The Morgan fingerprint density at radius 2 is 1.77 bits per heavy atom. The molecule has 18 heteroatoms. The molecule has 2 N–H and O–H groups in total. The van der Waals surface area contributed by atoms with Crippen LogP contribution in [0.1, 0.15) is 31.6 Å². The third-order valence-corrected chi connectivity index (χ3v) is 12.6. The average molecular weight is 655 g/mol. The molecule has 3 rings (SSSR count). The van der Waals surface area contributed by atoms with Gasteiger partial charge in [0.15, 0.2) is 24.6 Å². The third-order valence-electron chi connectivity index (χ3n) is 5.15. The quantitative estimate of drug-likeness (QED) is 0.0859. The number of aliphatic carboxylic acids is 1. The van der Waals surface area contributed by atoms with Crippen LogP contribution in [0.5, 0.6) is 0 Å². The second-order valence-electron chi connectivity index (χ2n) is 7.88. The third kappa shape index (κ3) is 8.42. The lowest BCUT2D eigenvalue weighted by molar-refractivity contribution is -0.151. The van der Waals surface area contributed by atoms with E-state index in [0.29, 0.717) is 41.6 Å². The van der Waals surface area contributed by atoms with Crippen molar-refractivity contribution in [2.24, 2.45) is 0 Å². The highest BCUT2D eigenvalue weighted by Crippen LogP contribution is 2.69. The highest BCUT2D eigenvalue weighted by atomic mass is 32.7. The Hall–Kier alpha value is -1.69. The zero-order chi connectivity index (χ0) is 29.3. The molecule has 0 spiro atoms. The molecular formula is C22H27N2O11PS4. The van der Waals surface area contributed by atoms with Gasteiger partial charge in [0.25, 0.3) is 5.91 Å². The van der Waals surface area contributed by atoms with Crippen molar-refractivity contribution in [2.75, 3.05) is 25.6 Å². The highest BCUT2D eigenvalue weighted by Gasteiger charge is 2.55. The Balaban J connectivity index is 1.81. The van der Waals surface area contributed by atoms with Crippen LogP contribution in [0.2, 0.25) is 0 Å². The monoisotopic (exact) mass is 654 g/mol. The molecule has 3 atom stereocenters. The molecule has 1 aromatic rings. The van der Waals surface area contributed by atoms with Gasteiger partial charge in [-0.25, -0.2) is 17.3 Å². The number of carbonyl (C=O) groups excluding carboxylic acids is 3. The van der Waals surface area contributed by atoms with E-state index in [1.54, 1.807) is 44.2 Å². The summed E-state index contributed by atoms with van der Waals surface area (Å²) in [6.45, 7) is 0.777. The predicted octanol–water partition coefficient (Wildman–Crippen LogP) is 4.10. The van der Waals surface area contributed by atoms with Crippen LogP contribution in [0.3, 0.4) is 0 Å². The molecule has 40 heavy (non-hydrogen) atoms. The number of carbonyl (C=O) groups is 4. The van der Waals surface area contributed by atoms with Gasteiger partial charge in [0, 0.05) is 18.2 Å². The molecular weight excluding hydrogens is 627 g/mol. The maximum absolute atomic E-state index is 13.6. The first-order chi connectivity index (χ1) is 19.1. The Morgan fingerprint density at radius 1 is 1.15 bits per heavy atom. The smallest absolute Gasteiger partial charge is 0.416 e. The van der Waals surface area contributed by atoms with Crippen molar-refractivity contribution in [3.8, 4) is 0 Å². The van der Waals surface area contributed by atoms with Crippen molar-refractivity contribution >= 4 is 78.3 Å². The van der Waals surface area contributed by atoms with Crippen molar-refractivity contribution in [2.45, 2.75) is 37.4 Å². The van der Waals surface area contributed by atoms with Crippen molar-refractivity contribution < 1.29 is 49.9 Å².